The molecule has 0 radical (unpaired) electrons. The summed E-state index contributed by atoms with van der Waals surface area (Å²) in [5, 5.41) is 21.6. The maximum absolute atomic E-state index is 13.5. The Morgan fingerprint density at radius 1 is 0.707 bits per heavy atom. The number of halogens is 4. The highest BCUT2D eigenvalue weighted by Gasteiger charge is 2.22. The maximum Gasteiger partial charge on any atom is 0.313 e. The summed E-state index contributed by atoms with van der Waals surface area (Å²) in [7, 11) is 0. The van der Waals surface area contributed by atoms with Gasteiger partial charge in [-0.1, -0.05) is 64.2 Å². The molecular weight excluding hydrogens is 550 g/mol. The van der Waals surface area contributed by atoms with Gasteiger partial charge in [-0.25, -0.2) is 8.78 Å². The van der Waals surface area contributed by atoms with Crippen molar-refractivity contribution >= 4 is 11.9 Å². The number of nitrogens with one attached hydrogen (secondary N) is 1. The molecular formula is C29H45F4NO7. The van der Waals surface area contributed by atoms with Gasteiger partial charge in [0.25, 0.3) is 0 Å². The summed E-state index contributed by atoms with van der Waals surface area (Å²) < 4.78 is 68.2. The van der Waals surface area contributed by atoms with Crippen LogP contribution in [0.5, 0.6) is 5.75 Å². The van der Waals surface area contributed by atoms with Crippen molar-refractivity contribution in [2.24, 2.45) is 0 Å². The van der Waals surface area contributed by atoms with Crippen LogP contribution < -0.4 is 10.1 Å². The molecule has 0 aromatic heterocycles. The Morgan fingerprint density at radius 2 is 1.20 bits per heavy atom. The molecule has 1 aromatic rings. The number of unbranched alkanes of at least 4 members (excludes halogenated alkanes) is 11. The third kappa shape index (κ3) is 18.7. The van der Waals surface area contributed by atoms with E-state index >= 15 is 0 Å². The van der Waals surface area contributed by atoms with E-state index < -0.39 is 47.2 Å². The molecule has 0 aliphatic rings. The van der Waals surface area contributed by atoms with Gasteiger partial charge in [-0.2, -0.15) is 8.78 Å². The number of aliphatic hydroxyl groups excluding tert-OH is 1. The van der Waals surface area contributed by atoms with E-state index in [2.05, 4.69) is 10.1 Å². The Bertz CT molecular complexity index is 850. The van der Waals surface area contributed by atoms with E-state index in [-0.39, 0.29) is 38.7 Å². The van der Waals surface area contributed by atoms with Crippen molar-refractivity contribution in [1.82, 2.24) is 5.32 Å². The molecule has 0 heterocycles. The fraction of sp³-hybridized carbons (Fsp3) is 0.724. The third-order valence-electron chi connectivity index (χ3n) is 6.35. The zero-order valence-electron chi connectivity index (χ0n) is 23.7. The first-order chi connectivity index (χ1) is 19.7. The topological polar surface area (TPSA) is 114 Å². The number of hydrogen-bond acceptors (Lipinski definition) is 7. The van der Waals surface area contributed by atoms with Crippen LogP contribution in [0.4, 0.5) is 17.6 Å². The van der Waals surface area contributed by atoms with Gasteiger partial charge in [0.1, 0.15) is 6.23 Å². The van der Waals surface area contributed by atoms with Gasteiger partial charge in [0.2, 0.25) is 17.4 Å². The standard InChI is InChI=1S/C29H45F4NO7/c30-22-21-23(31)28(33)29(27(22)32)41-26(38)15-17-39-19-20-40-18-16-34-24(35)13-11-9-7-5-3-1-2-4-6-8-10-12-14-25(36)37/h21,24,34-35H,1-20H2,(H,36,37). The van der Waals surface area contributed by atoms with Crippen LogP contribution in [0, 0.1) is 23.3 Å². The van der Waals surface area contributed by atoms with Crippen molar-refractivity contribution in [3.8, 4) is 5.75 Å². The lowest BCUT2D eigenvalue weighted by Gasteiger charge is -2.13. The number of carbonyl (C=O) groups excluding carboxylic acids is 1. The predicted octanol–water partition coefficient (Wildman–Crippen LogP) is 6.03. The number of hydrogen-bond donors (Lipinski definition) is 3. The normalized spacial score (nSPS) is 12.0. The third-order valence-corrected chi connectivity index (χ3v) is 6.35. The van der Waals surface area contributed by atoms with Crippen molar-refractivity contribution in [2.45, 2.75) is 103 Å². The number of carboxylic acids is 1. The van der Waals surface area contributed by atoms with Crippen LogP contribution >= 0.6 is 0 Å². The molecule has 0 fully saturated rings. The fourth-order valence-electron chi connectivity index (χ4n) is 4.06. The Hall–Kier alpha value is -2.28. The molecule has 0 saturated heterocycles. The lowest BCUT2D eigenvalue weighted by atomic mass is 10.0. The summed E-state index contributed by atoms with van der Waals surface area (Å²) in [5.41, 5.74) is 0. The van der Waals surface area contributed by atoms with Gasteiger partial charge < -0.3 is 24.4 Å². The van der Waals surface area contributed by atoms with Crippen LogP contribution in [0.15, 0.2) is 6.07 Å². The molecule has 1 rings (SSSR count). The Morgan fingerprint density at radius 3 is 1.73 bits per heavy atom. The molecule has 8 nitrogen and oxygen atoms in total. The van der Waals surface area contributed by atoms with Crippen molar-refractivity contribution in [1.29, 1.82) is 0 Å². The molecule has 236 valence electrons. The fourth-order valence-corrected chi connectivity index (χ4v) is 4.06. The lowest BCUT2D eigenvalue weighted by molar-refractivity contribution is -0.137. The minimum atomic E-state index is -1.79. The van der Waals surface area contributed by atoms with Gasteiger partial charge in [0, 0.05) is 19.0 Å². The minimum Gasteiger partial charge on any atom is -0.481 e. The maximum atomic E-state index is 13.5. The molecule has 0 aliphatic heterocycles. The van der Waals surface area contributed by atoms with Gasteiger partial charge in [-0.15, -0.1) is 0 Å². The van der Waals surface area contributed by atoms with Crippen LogP contribution in [0.2, 0.25) is 0 Å². The van der Waals surface area contributed by atoms with Crippen LogP contribution in [-0.4, -0.2) is 61.4 Å². The zero-order valence-corrected chi connectivity index (χ0v) is 23.7. The first-order valence-electron chi connectivity index (χ1n) is 14.5. The molecule has 1 unspecified atom stereocenters. The first kappa shape index (κ1) is 36.7. The highest BCUT2D eigenvalue weighted by Crippen LogP contribution is 2.26. The van der Waals surface area contributed by atoms with Gasteiger partial charge >= 0.3 is 11.9 Å². The molecule has 1 atom stereocenters. The summed E-state index contributed by atoms with van der Waals surface area (Å²) in [6.07, 6.45) is 13.3. The number of esters is 1. The number of rotatable bonds is 26. The molecule has 41 heavy (non-hydrogen) atoms. The summed E-state index contributed by atoms with van der Waals surface area (Å²) in [5.74, 6) is -10.2. The number of carbonyl (C=O) groups is 2. The van der Waals surface area contributed by atoms with Crippen LogP contribution in [0.1, 0.15) is 96.3 Å². The van der Waals surface area contributed by atoms with E-state index in [4.69, 9.17) is 14.6 Å². The molecule has 0 amide bonds. The zero-order chi connectivity index (χ0) is 30.3. The molecule has 0 spiro atoms. The quantitative estimate of drug-likeness (QED) is 0.0297. The van der Waals surface area contributed by atoms with Crippen molar-refractivity contribution in [2.75, 3.05) is 33.0 Å². The largest absolute Gasteiger partial charge is 0.481 e. The predicted molar refractivity (Wildman–Crippen MR) is 144 cm³/mol. The van der Waals surface area contributed by atoms with Gasteiger partial charge in [-0.05, 0) is 19.3 Å². The summed E-state index contributed by atoms with van der Waals surface area (Å²) in [6, 6.07) is 0.0212. The molecule has 0 bridgehead atoms. The molecule has 0 saturated carbocycles. The number of ether oxygens (including phenoxy) is 3. The van der Waals surface area contributed by atoms with Gasteiger partial charge in [-0.3, -0.25) is 14.9 Å². The second kappa shape index (κ2) is 23.3. The van der Waals surface area contributed by atoms with E-state index in [1.165, 1.54) is 38.5 Å². The van der Waals surface area contributed by atoms with E-state index in [1.807, 2.05) is 0 Å². The van der Waals surface area contributed by atoms with Crippen molar-refractivity contribution in [3.05, 3.63) is 29.3 Å². The second-order valence-corrected chi connectivity index (χ2v) is 9.89. The number of benzene rings is 1. The summed E-state index contributed by atoms with van der Waals surface area (Å²) in [4.78, 5) is 22.1. The summed E-state index contributed by atoms with van der Waals surface area (Å²) in [6.45, 7) is 1.01. The number of carboxylic acid groups (broad SMARTS) is 1. The van der Waals surface area contributed by atoms with Gasteiger partial charge in [0.15, 0.2) is 11.6 Å². The van der Waals surface area contributed by atoms with Crippen molar-refractivity contribution in [3.63, 3.8) is 0 Å². The van der Waals surface area contributed by atoms with Gasteiger partial charge in [0.05, 0.1) is 32.8 Å². The highest BCUT2D eigenvalue weighted by molar-refractivity contribution is 5.72. The SMILES string of the molecule is O=C(O)CCCCCCCCCCCCCCC(O)NCCOCCOCCC(=O)Oc1c(F)c(F)cc(F)c1F. The molecule has 1 aromatic carbocycles. The lowest BCUT2D eigenvalue weighted by Crippen LogP contribution is -2.31. The molecule has 3 N–H and O–H groups in total. The smallest absolute Gasteiger partial charge is 0.313 e. The van der Waals surface area contributed by atoms with Crippen molar-refractivity contribution < 1.29 is 51.6 Å². The van der Waals surface area contributed by atoms with Crippen LogP contribution in [-0.2, 0) is 19.1 Å². The van der Waals surface area contributed by atoms with E-state index in [1.54, 1.807) is 0 Å². The van der Waals surface area contributed by atoms with E-state index in [0.29, 0.717) is 19.6 Å². The molecule has 12 heteroatoms. The first-order valence-corrected chi connectivity index (χ1v) is 14.5. The Labute approximate surface area is 239 Å². The Balaban J connectivity index is 1.87. The Kier molecular flexibility index (Phi) is 20.9. The average molecular weight is 596 g/mol. The molecule has 0 aliphatic carbocycles. The minimum absolute atomic E-state index is 0.0212. The second-order valence-electron chi connectivity index (χ2n) is 9.89. The number of aliphatic hydroxyl groups is 1. The van der Waals surface area contributed by atoms with Crippen LogP contribution in [0.3, 0.4) is 0 Å². The highest BCUT2D eigenvalue weighted by atomic mass is 19.2. The average Bonchev–Trinajstić information content (AvgIpc) is 2.93. The van der Waals surface area contributed by atoms with E-state index in [0.717, 1.165) is 38.5 Å². The number of aliphatic carboxylic acids is 1. The van der Waals surface area contributed by atoms with Crippen LogP contribution in [0.25, 0.3) is 0 Å². The summed E-state index contributed by atoms with van der Waals surface area (Å²) >= 11 is 0. The van der Waals surface area contributed by atoms with E-state index in [9.17, 15) is 32.3 Å². The monoisotopic (exact) mass is 595 g/mol.